The van der Waals surface area contributed by atoms with Gasteiger partial charge < -0.3 is 9.88 Å². The normalized spacial score (nSPS) is 15.1. The molecule has 0 bridgehead atoms. The highest BCUT2D eigenvalue weighted by Gasteiger charge is 2.50. The van der Waals surface area contributed by atoms with Gasteiger partial charge in [-0.15, -0.1) is 10.2 Å². The number of aryl methyl sites for hydroxylation is 1. The van der Waals surface area contributed by atoms with E-state index in [-0.39, 0.29) is 16.5 Å². The number of nitrogens with zero attached hydrogens (tertiary/aromatic N) is 7. The summed E-state index contributed by atoms with van der Waals surface area (Å²) in [4.78, 5) is 4.19. The molecule has 0 atom stereocenters. The van der Waals surface area contributed by atoms with Gasteiger partial charge in [-0.2, -0.15) is 13.9 Å². The summed E-state index contributed by atoms with van der Waals surface area (Å²) < 4.78 is 86.4. The zero-order valence-electron chi connectivity index (χ0n) is 17.7. The lowest BCUT2D eigenvalue weighted by molar-refractivity contribution is -0.144. The van der Waals surface area contributed by atoms with Crippen molar-refractivity contribution < 1.29 is 26.3 Å². The zero-order valence-corrected chi connectivity index (χ0v) is 18.5. The largest absolute Gasteiger partial charge is 0.365 e. The molecule has 8 nitrogen and oxygen atoms in total. The number of nitrogens with one attached hydrogen (secondary N) is 1. The van der Waals surface area contributed by atoms with Crippen molar-refractivity contribution in [2.24, 2.45) is 7.05 Å². The van der Waals surface area contributed by atoms with Crippen molar-refractivity contribution in [3.63, 3.8) is 0 Å². The van der Waals surface area contributed by atoms with E-state index in [1.807, 2.05) is 0 Å². The van der Waals surface area contributed by atoms with Crippen molar-refractivity contribution >= 4 is 23.2 Å². The van der Waals surface area contributed by atoms with Crippen LogP contribution in [0.1, 0.15) is 5.82 Å². The maximum Gasteiger partial charge on any atom is 0.365 e. The van der Waals surface area contributed by atoms with Gasteiger partial charge in [0.2, 0.25) is 5.82 Å². The van der Waals surface area contributed by atoms with Crippen LogP contribution in [-0.2, 0) is 26.1 Å². The third-order valence-corrected chi connectivity index (χ3v) is 5.78. The summed E-state index contributed by atoms with van der Waals surface area (Å²) in [6.07, 6.45) is 0.146. The van der Waals surface area contributed by atoms with Crippen LogP contribution in [0.15, 0.2) is 36.8 Å². The van der Waals surface area contributed by atoms with Crippen LogP contribution in [0, 0.1) is 0 Å². The van der Waals surface area contributed by atoms with E-state index in [4.69, 9.17) is 11.6 Å². The number of aromatic nitrogens is 7. The maximum absolute atomic E-state index is 14.7. The third kappa shape index (κ3) is 4.00. The molecule has 0 fully saturated rings. The number of halogens is 7. The van der Waals surface area contributed by atoms with E-state index in [1.165, 1.54) is 18.5 Å². The van der Waals surface area contributed by atoms with E-state index >= 15 is 0 Å². The Morgan fingerprint density at radius 1 is 1.17 bits per heavy atom. The van der Waals surface area contributed by atoms with Gasteiger partial charge in [0.1, 0.15) is 11.6 Å². The minimum absolute atomic E-state index is 0.00462. The molecular formula is C20H15ClF6N8. The highest BCUT2D eigenvalue weighted by molar-refractivity contribution is 6.33. The van der Waals surface area contributed by atoms with Crippen LogP contribution in [-0.4, -0.2) is 46.4 Å². The smallest absolute Gasteiger partial charge is 0.338 e. The average Bonchev–Trinajstić information content (AvgIpc) is 3.46. The second-order valence-electron chi connectivity index (χ2n) is 7.97. The second-order valence-corrected chi connectivity index (χ2v) is 8.38. The summed E-state index contributed by atoms with van der Waals surface area (Å²) in [5.41, 5.74) is 0.754. The summed E-state index contributed by atoms with van der Waals surface area (Å²) in [5.74, 6) is -9.22. The quantitative estimate of drug-likeness (QED) is 0.380. The van der Waals surface area contributed by atoms with Gasteiger partial charge in [-0.25, -0.2) is 22.5 Å². The molecule has 0 spiro atoms. The number of rotatable bonds is 5. The van der Waals surface area contributed by atoms with Crippen LogP contribution < -0.4 is 5.32 Å². The first-order valence-corrected chi connectivity index (χ1v) is 10.4. The minimum Gasteiger partial charge on any atom is -0.338 e. The van der Waals surface area contributed by atoms with Crippen LogP contribution in [0.3, 0.4) is 0 Å². The van der Waals surface area contributed by atoms with Crippen LogP contribution in [0.2, 0.25) is 5.02 Å². The van der Waals surface area contributed by atoms with Crippen LogP contribution in [0.25, 0.3) is 22.6 Å². The zero-order chi connectivity index (χ0) is 25.1. The fourth-order valence-electron chi connectivity index (χ4n) is 3.85. The molecule has 0 aromatic carbocycles. The van der Waals surface area contributed by atoms with E-state index in [0.29, 0.717) is 27.3 Å². The first-order valence-electron chi connectivity index (χ1n) is 10.1. The molecule has 15 heteroatoms. The van der Waals surface area contributed by atoms with E-state index in [1.54, 1.807) is 30.1 Å². The highest BCUT2D eigenvalue weighted by atomic mass is 35.5. The third-order valence-electron chi connectivity index (χ3n) is 5.48. The highest BCUT2D eigenvalue weighted by Crippen LogP contribution is 2.41. The van der Waals surface area contributed by atoms with Crippen molar-refractivity contribution in [2.45, 2.75) is 31.4 Å². The lowest BCUT2D eigenvalue weighted by atomic mass is 10.1. The number of hydrogen-bond donors (Lipinski definition) is 1. The molecular weight excluding hydrogens is 502 g/mol. The first kappa shape index (κ1) is 23.2. The lowest BCUT2D eigenvalue weighted by Crippen LogP contribution is -2.33. The molecule has 35 heavy (non-hydrogen) atoms. The molecule has 0 saturated carbocycles. The van der Waals surface area contributed by atoms with Gasteiger partial charge >= 0.3 is 12.3 Å². The Bertz CT molecular complexity index is 1410. The molecule has 5 heterocycles. The Morgan fingerprint density at radius 2 is 1.94 bits per heavy atom. The van der Waals surface area contributed by atoms with Gasteiger partial charge in [0.15, 0.2) is 5.82 Å². The number of alkyl halides is 6. The Balaban J connectivity index is 1.60. The second kappa shape index (κ2) is 8.00. The molecule has 1 N–H and O–H groups in total. The first-order chi connectivity index (χ1) is 16.5. The summed E-state index contributed by atoms with van der Waals surface area (Å²) in [5, 5.41) is 14.0. The number of hydrogen-bond acceptors (Lipinski definition) is 5. The molecule has 5 rings (SSSR count). The standard InChI is InChI=1S/C20H15ClF6N8/c1-33-15(2-3-29-33)30-14-5-11(12(21)6-28-14)10-4-13-16-31-32-18(20(26,27)17(22)23)35(16)9-19(24,25)8-34(13)7-10/h2-7,17H,8-9H2,1H3,(H,28,30). The van der Waals surface area contributed by atoms with E-state index in [0.717, 1.165) is 4.57 Å². The molecule has 0 amide bonds. The molecule has 0 saturated heterocycles. The van der Waals surface area contributed by atoms with Gasteiger partial charge in [-0.3, -0.25) is 9.25 Å². The molecule has 1 aliphatic rings. The van der Waals surface area contributed by atoms with Crippen molar-refractivity contribution in [1.82, 2.24) is 34.1 Å². The Labute approximate surface area is 198 Å². The summed E-state index contributed by atoms with van der Waals surface area (Å²) in [6, 6.07) is 4.68. The summed E-state index contributed by atoms with van der Waals surface area (Å²) >= 11 is 6.31. The van der Waals surface area contributed by atoms with Crippen LogP contribution in [0.5, 0.6) is 0 Å². The van der Waals surface area contributed by atoms with Crippen molar-refractivity contribution in [2.75, 3.05) is 5.32 Å². The molecule has 0 unspecified atom stereocenters. The predicted molar refractivity (Wildman–Crippen MR) is 113 cm³/mol. The molecule has 0 radical (unpaired) electrons. The maximum atomic E-state index is 14.7. The van der Waals surface area contributed by atoms with Gasteiger partial charge in [0.05, 0.1) is 30.0 Å². The van der Waals surface area contributed by atoms with E-state index < -0.39 is 37.2 Å². The Hall–Kier alpha value is -3.55. The van der Waals surface area contributed by atoms with Gasteiger partial charge in [0, 0.05) is 36.6 Å². The fraction of sp³-hybridized carbons (Fsp3) is 0.300. The molecule has 0 aliphatic carbocycles. The summed E-state index contributed by atoms with van der Waals surface area (Å²) in [7, 11) is 1.71. The fourth-order valence-corrected chi connectivity index (χ4v) is 4.06. The monoisotopic (exact) mass is 516 g/mol. The minimum atomic E-state index is -4.76. The predicted octanol–water partition coefficient (Wildman–Crippen LogP) is 4.94. The van der Waals surface area contributed by atoms with Crippen molar-refractivity contribution in [1.29, 1.82) is 0 Å². The molecule has 4 aromatic rings. The molecule has 184 valence electrons. The lowest BCUT2D eigenvalue weighted by Gasteiger charge is -2.19. The Morgan fingerprint density at radius 3 is 2.63 bits per heavy atom. The Kier molecular flexibility index (Phi) is 5.30. The van der Waals surface area contributed by atoms with Crippen LogP contribution >= 0.6 is 11.6 Å². The van der Waals surface area contributed by atoms with Crippen LogP contribution in [0.4, 0.5) is 38.0 Å². The molecule has 4 aromatic heterocycles. The van der Waals surface area contributed by atoms with Gasteiger partial charge in [0.25, 0.3) is 5.92 Å². The van der Waals surface area contributed by atoms with Crippen molar-refractivity contribution in [3.8, 4) is 22.6 Å². The number of fused-ring (bicyclic) bond motifs is 3. The topological polar surface area (TPSA) is 78.4 Å². The van der Waals surface area contributed by atoms with E-state index in [9.17, 15) is 26.3 Å². The number of anilines is 2. The average molecular weight is 517 g/mol. The molecule has 1 aliphatic heterocycles. The van der Waals surface area contributed by atoms with E-state index in [2.05, 4.69) is 25.6 Å². The number of pyridine rings is 1. The van der Waals surface area contributed by atoms with Gasteiger partial charge in [-0.05, 0) is 12.1 Å². The summed E-state index contributed by atoms with van der Waals surface area (Å²) in [6.45, 7) is -2.17. The SMILES string of the molecule is Cn1nccc1Nc1cc(-c2cc3n(c2)CC(F)(F)Cn2c-3nnc2C(F)(F)C(F)F)c(Cl)cn1. The van der Waals surface area contributed by atoms with Gasteiger partial charge in [-0.1, -0.05) is 11.6 Å². The van der Waals surface area contributed by atoms with Crippen molar-refractivity contribution in [3.05, 3.63) is 47.6 Å².